The van der Waals surface area contributed by atoms with Crippen molar-refractivity contribution in [3.8, 4) is 0 Å². The quantitative estimate of drug-likeness (QED) is 0.467. The summed E-state index contributed by atoms with van der Waals surface area (Å²) in [7, 11) is 1.90. The summed E-state index contributed by atoms with van der Waals surface area (Å²) in [6, 6.07) is 3.11. The van der Waals surface area contributed by atoms with Crippen LogP contribution < -0.4 is 16.2 Å². The van der Waals surface area contributed by atoms with E-state index in [1.807, 2.05) is 11.9 Å². The van der Waals surface area contributed by atoms with Crippen LogP contribution in [0.3, 0.4) is 0 Å². The Bertz CT molecular complexity index is 461. The second kappa shape index (κ2) is 4.77. The molecule has 2 rings (SSSR count). The van der Waals surface area contributed by atoms with E-state index in [1.54, 1.807) is 0 Å². The highest BCUT2D eigenvalue weighted by molar-refractivity contribution is 5.55. The highest BCUT2D eigenvalue weighted by Crippen LogP contribution is 2.36. The largest absolute Gasteiger partial charge is 0.356 e. The van der Waals surface area contributed by atoms with Crippen LogP contribution in [0.5, 0.6) is 0 Å². The minimum absolute atomic E-state index is 0.0113. The molecule has 0 radical (unpaired) electrons. The van der Waals surface area contributed by atoms with Gasteiger partial charge in [0.25, 0.3) is 5.69 Å². The molecule has 1 saturated carbocycles. The van der Waals surface area contributed by atoms with E-state index >= 15 is 0 Å². The molecule has 1 atom stereocenters. The standard InChI is InChI=1S/C11H17N5O2/c1-7(8-3-4-8)15(2)11-6-9(16(17)18)5-10(13-11)14-12/h5-8H,3-4,12H2,1-2H3,(H,13,14). The van der Waals surface area contributed by atoms with E-state index in [9.17, 15) is 10.1 Å². The van der Waals surface area contributed by atoms with Crippen LogP contribution in [0.1, 0.15) is 19.8 Å². The fourth-order valence-electron chi connectivity index (χ4n) is 1.97. The van der Waals surface area contributed by atoms with E-state index in [0.717, 1.165) is 0 Å². The van der Waals surface area contributed by atoms with Crippen molar-refractivity contribution in [2.45, 2.75) is 25.8 Å². The average Bonchev–Trinajstić information content (AvgIpc) is 3.20. The number of hydrogen-bond acceptors (Lipinski definition) is 6. The van der Waals surface area contributed by atoms with E-state index in [2.05, 4.69) is 17.3 Å². The lowest BCUT2D eigenvalue weighted by molar-refractivity contribution is -0.384. The molecule has 7 nitrogen and oxygen atoms in total. The van der Waals surface area contributed by atoms with E-state index in [1.165, 1.54) is 25.0 Å². The number of hydrazine groups is 1. The Balaban J connectivity index is 2.30. The maximum atomic E-state index is 10.9. The van der Waals surface area contributed by atoms with Gasteiger partial charge in [-0.25, -0.2) is 10.8 Å². The van der Waals surface area contributed by atoms with Crippen molar-refractivity contribution < 1.29 is 4.92 Å². The summed E-state index contributed by atoms with van der Waals surface area (Å²) in [5.41, 5.74) is 2.35. The lowest BCUT2D eigenvalue weighted by Gasteiger charge is -2.26. The monoisotopic (exact) mass is 251 g/mol. The molecule has 1 unspecified atom stereocenters. The van der Waals surface area contributed by atoms with Gasteiger partial charge in [-0.1, -0.05) is 0 Å². The van der Waals surface area contributed by atoms with Crippen LogP contribution in [0.15, 0.2) is 12.1 Å². The number of hydrogen-bond donors (Lipinski definition) is 2. The lowest BCUT2D eigenvalue weighted by Crippen LogP contribution is -2.31. The Labute approximate surface area is 105 Å². The molecular weight excluding hydrogens is 234 g/mol. The number of nitro groups is 1. The van der Waals surface area contributed by atoms with Gasteiger partial charge in [-0.2, -0.15) is 0 Å². The first-order valence-electron chi connectivity index (χ1n) is 5.89. The van der Waals surface area contributed by atoms with Crippen molar-refractivity contribution >= 4 is 17.3 Å². The fourth-order valence-corrected chi connectivity index (χ4v) is 1.97. The van der Waals surface area contributed by atoms with Crippen LogP contribution in [-0.2, 0) is 0 Å². The normalized spacial score (nSPS) is 16.2. The number of nitrogens with zero attached hydrogens (tertiary/aromatic N) is 3. The van der Waals surface area contributed by atoms with Crippen molar-refractivity contribution in [3.05, 3.63) is 22.2 Å². The first-order valence-corrected chi connectivity index (χ1v) is 5.89. The fraction of sp³-hybridized carbons (Fsp3) is 0.545. The summed E-state index contributed by atoms with van der Waals surface area (Å²) in [6.07, 6.45) is 2.42. The number of nitrogens with one attached hydrogen (secondary N) is 1. The second-order valence-electron chi connectivity index (χ2n) is 4.66. The number of anilines is 2. The molecule has 1 aliphatic carbocycles. The van der Waals surface area contributed by atoms with Gasteiger partial charge in [0.2, 0.25) is 0 Å². The molecule has 0 bridgehead atoms. The summed E-state index contributed by atoms with van der Waals surface area (Å²) >= 11 is 0. The molecule has 98 valence electrons. The second-order valence-corrected chi connectivity index (χ2v) is 4.66. The summed E-state index contributed by atoms with van der Waals surface area (Å²) in [5, 5.41) is 10.9. The molecule has 18 heavy (non-hydrogen) atoms. The third-order valence-corrected chi connectivity index (χ3v) is 3.43. The molecule has 1 aromatic rings. The van der Waals surface area contributed by atoms with Crippen molar-refractivity contribution in [2.75, 3.05) is 17.4 Å². The predicted octanol–water partition coefficient (Wildman–Crippen LogP) is 1.51. The van der Waals surface area contributed by atoms with Gasteiger partial charge in [-0.3, -0.25) is 10.1 Å². The summed E-state index contributed by atoms with van der Waals surface area (Å²) in [4.78, 5) is 16.6. The molecule has 0 saturated heterocycles. The summed E-state index contributed by atoms with van der Waals surface area (Å²) < 4.78 is 0. The minimum atomic E-state index is -0.443. The zero-order valence-electron chi connectivity index (χ0n) is 10.5. The lowest BCUT2D eigenvalue weighted by atomic mass is 10.2. The first-order chi connectivity index (χ1) is 8.52. The molecule has 7 heteroatoms. The summed E-state index contributed by atoms with van der Waals surface area (Å²) in [6.45, 7) is 2.10. The average molecular weight is 251 g/mol. The molecule has 0 amide bonds. The molecule has 0 spiro atoms. The molecule has 1 heterocycles. The van der Waals surface area contributed by atoms with E-state index < -0.39 is 4.92 Å². The van der Waals surface area contributed by atoms with Crippen LogP contribution >= 0.6 is 0 Å². The molecular formula is C11H17N5O2. The van der Waals surface area contributed by atoms with Crippen molar-refractivity contribution in [3.63, 3.8) is 0 Å². The van der Waals surface area contributed by atoms with Crippen LogP contribution in [0.25, 0.3) is 0 Å². The topological polar surface area (TPSA) is 97.3 Å². The number of nitrogen functional groups attached to an aromatic ring is 1. The van der Waals surface area contributed by atoms with Crippen LogP contribution in [0, 0.1) is 16.0 Å². The van der Waals surface area contributed by atoms with Crippen LogP contribution in [0.4, 0.5) is 17.3 Å². The highest BCUT2D eigenvalue weighted by Gasteiger charge is 2.31. The first kappa shape index (κ1) is 12.6. The van der Waals surface area contributed by atoms with Gasteiger partial charge in [0.15, 0.2) is 0 Å². The van der Waals surface area contributed by atoms with E-state index in [-0.39, 0.29) is 5.69 Å². The van der Waals surface area contributed by atoms with Crippen LogP contribution in [-0.4, -0.2) is 23.0 Å². The minimum Gasteiger partial charge on any atom is -0.356 e. The molecule has 1 aliphatic rings. The number of rotatable bonds is 5. The predicted molar refractivity (Wildman–Crippen MR) is 69.3 cm³/mol. The Kier molecular flexibility index (Phi) is 3.33. The maximum absolute atomic E-state index is 10.9. The van der Waals surface area contributed by atoms with Gasteiger partial charge in [0.05, 0.1) is 17.1 Å². The van der Waals surface area contributed by atoms with Gasteiger partial charge in [0.1, 0.15) is 11.6 Å². The molecule has 1 aromatic heterocycles. The van der Waals surface area contributed by atoms with Crippen LogP contribution in [0.2, 0.25) is 0 Å². The smallest absolute Gasteiger partial charge is 0.276 e. The molecule has 0 aliphatic heterocycles. The van der Waals surface area contributed by atoms with E-state index in [4.69, 9.17) is 5.84 Å². The van der Waals surface area contributed by atoms with E-state index in [0.29, 0.717) is 23.6 Å². The van der Waals surface area contributed by atoms with Gasteiger partial charge >= 0.3 is 0 Å². The van der Waals surface area contributed by atoms with Gasteiger partial charge in [0, 0.05) is 13.1 Å². The Morgan fingerprint density at radius 1 is 1.61 bits per heavy atom. The highest BCUT2D eigenvalue weighted by atomic mass is 16.6. The third-order valence-electron chi connectivity index (χ3n) is 3.43. The van der Waals surface area contributed by atoms with Crippen molar-refractivity contribution in [2.24, 2.45) is 11.8 Å². The number of aromatic nitrogens is 1. The SMILES string of the molecule is CC(C1CC1)N(C)c1cc([N+](=O)[O-])cc(NN)n1. The maximum Gasteiger partial charge on any atom is 0.276 e. The molecule has 1 fully saturated rings. The summed E-state index contributed by atoms with van der Waals surface area (Å²) in [5.74, 6) is 6.81. The number of pyridine rings is 1. The van der Waals surface area contributed by atoms with Gasteiger partial charge in [-0.15, -0.1) is 0 Å². The Hall–Kier alpha value is -1.89. The number of nitrogens with two attached hydrogens (primary N) is 1. The van der Waals surface area contributed by atoms with Gasteiger partial charge < -0.3 is 10.3 Å². The zero-order chi connectivity index (χ0) is 13.3. The third kappa shape index (κ3) is 2.51. The van der Waals surface area contributed by atoms with Gasteiger partial charge in [-0.05, 0) is 25.7 Å². The Morgan fingerprint density at radius 2 is 2.28 bits per heavy atom. The van der Waals surface area contributed by atoms with Crippen molar-refractivity contribution in [1.29, 1.82) is 0 Å². The zero-order valence-corrected chi connectivity index (χ0v) is 10.5. The molecule has 3 N–H and O–H groups in total. The van der Waals surface area contributed by atoms with Crippen molar-refractivity contribution in [1.82, 2.24) is 4.98 Å². The molecule has 0 aromatic carbocycles. The Morgan fingerprint density at radius 3 is 2.78 bits per heavy atom.